The molecule has 218 valence electrons. The average molecular weight is 592 g/mol. The van der Waals surface area contributed by atoms with Crippen LogP contribution in [0, 0.1) is 0 Å². The Hall–Kier alpha value is -5.87. The third-order valence-corrected chi connectivity index (χ3v) is 9.37. The first kappa shape index (κ1) is 26.5. The molecule has 0 amide bonds. The van der Waals surface area contributed by atoms with Crippen molar-refractivity contribution in [3.63, 3.8) is 0 Å². The number of hydrogen-bond acceptors (Lipinski definition) is 4. The van der Waals surface area contributed by atoms with E-state index in [0.29, 0.717) is 17.5 Å². The average Bonchev–Trinajstić information content (AvgIpc) is 3.61. The summed E-state index contributed by atoms with van der Waals surface area (Å²) in [6.07, 6.45) is 0. The van der Waals surface area contributed by atoms with Gasteiger partial charge in [-0.15, -0.1) is 0 Å². The Labute approximate surface area is 267 Å². The molecule has 0 aliphatic heterocycles. The number of fused-ring (bicyclic) bond motifs is 6. The molecule has 0 unspecified atom stereocenters. The Morgan fingerprint density at radius 3 is 1.83 bits per heavy atom. The monoisotopic (exact) mass is 591 g/mol. The van der Waals surface area contributed by atoms with Crippen LogP contribution in [0.25, 0.3) is 78.4 Å². The Balaban J connectivity index is 1.20. The summed E-state index contributed by atoms with van der Waals surface area (Å²) in [5, 5.41) is 2.05. The highest BCUT2D eigenvalue weighted by Gasteiger charge is 2.36. The number of hydrogen-bond donors (Lipinski definition) is 0. The summed E-state index contributed by atoms with van der Waals surface area (Å²) in [6.45, 7) is 4.64. The topological polar surface area (TPSA) is 51.8 Å². The lowest BCUT2D eigenvalue weighted by Gasteiger charge is -2.21. The van der Waals surface area contributed by atoms with Gasteiger partial charge in [0.05, 0.1) is 0 Å². The Kier molecular flexibility index (Phi) is 5.81. The Morgan fingerprint density at radius 1 is 0.435 bits per heavy atom. The predicted molar refractivity (Wildman–Crippen MR) is 186 cm³/mol. The molecule has 8 aromatic rings. The molecule has 9 rings (SSSR count). The van der Waals surface area contributed by atoms with Crippen LogP contribution in [-0.2, 0) is 5.41 Å². The molecule has 1 aliphatic carbocycles. The van der Waals surface area contributed by atoms with E-state index in [-0.39, 0.29) is 5.41 Å². The third-order valence-electron chi connectivity index (χ3n) is 9.37. The number of aromatic nitrogens is 3. The molecule has 2 aromatic heterocycles. The van der Waals surface area contributed by atoms with Crippen molar-refractivity contribution < 1.29 is 4.42 Å². The molecular formula is C42H29N3O. The van der Waals surface area contributed by atoms with Gasteiger partial charge in [-0.05, 0) is 45.5 Å². The smallest absolute Gasteiger partial charge is 0.164 e. The van der Waals surface area contributed by atoms with Gasteiger partial charge in [0.15, 0.2) is 17.5 Å². The van der Waals surface area contributed by atoms with Crippen molar-refractivity contribution in [3.05, 3.63) is 151 Å². The third kappa shape index (κ3) is 4.04. The van der Waals surface area contributed by atoms with Gasteiger partial charge in [0, 0.05) is 32.9 Å². The molecular weight excluding hydrogens is 562 g/mol. The van der Waals surface area contributed by atoms with Gasteiger partial charge in [0.1, 0.15) is 11.2 Å². The van der Waals surface area contributed by atoms with Gasteiger partial charge in [-0.1, -0.05) is 141 Å². The van der Waals surface area contributed by atoms with Crippen LogP contribution in [0.2, 0.25) is 0 Å². The largest absolute Gasteiger partial charge is 0.456 e. The van der Waals surface area contributed by atoms with Crippen molar-refractivity contribution in [2.75, 3.05) is 0 Å². The lowest BCUT2D eigenvalue weighted by atomic mass is 9.82. The summed E-state index contributed by atoms with van der Waals surface area (Å²) in [5.74, 6) is 1.88. The first-order chi connectivity index (χ1) is 22.6. The van der Waals surface area contributed by atoms with Gasteiger partial charge in [0.25, 0.3) is 0 Å². The summed E-state index contributed by atoms with van der Waals surface area (Å²) in [5.41, 5.74) is 12.2. The number of para-hydroxylation sites is 1. The first-order valence-corrected chi connectivity index (χ1v) is 15.6. The minimum Gasteiger partial charge on any atom is -0.456 e. The molecule has 0 spiro atoms. The van der Waals surface area contributed by atoms with E-state index in [4.69, 9.17) is 19.4 Å². The summed E-state index contributed by atoms with van der Waals surface area (Å²) >= 11 is 0. The molecule has 46 heavy (non-hydrogen) atoms. The Morgan fingerprint density at radius 2 is 1.00 bits per heavy atom. The molecule has 0 atom stereocenters. The maximum atomic E-state index is 6.19. The number of rotatable bonds is 4. The second-order valence-corrected chi connectivity index (χ2v) is 12.4. The van der Waals surface area contributed by atoms with Crippen molar-refractivity contribution in [1.29, 1.82) is 0 Å². The van der Waals surface area contributed by atoms with E-state index in [9.17, 15) is 0 Å². The van der Waals surface area contributed by atoms with E-state index >= 15 is 0 Å². The fraction of sp³-hybridized carbons (Fsp3) is 0.0714. The molecule has 4 nitrogen and oxygen atoms in total. The van der Waals surface area contributed by atoms with Gasteiger partial charge in [-0.25, -0.2) is 15.0 Å². The molecule has 2 heterocycles. The zero-order valence-electron chi connectivity index (χ0n) is 25.5. The quantitative estimate of drug-likeness (QED) is 0.204. The fourth-order valence-corrected chi connectivity index (χ4v) is 7.10. The van der Waals surface area contributed by atoms with Gasteiger partial charge in [0.2, 0.25) is 0 Å². The highest BCUT2D eigenvalue weighted by Crippen LogP contribution is 2.52. The maximum Gasteiger partial charge on any atom is 0.164 e. The highest BCUT2D eigenvalue weighted by molar-refractivity contribution is 6.11. The number of nitrogens with zero attached hydrogens (tertiary/aromatic N) is 3. The second kappa shape index (κ2) is 10.1. The van der Waals surface area contributed by atoms with Crippen LogP contribution in [0.15, 0.2) is 144 Å². The molecule has 0 bridgehead atoms. The van der Waals surface area contributed by atoms with Gasteiger partial charge < -0.3 is 4.42 Å². The minimum atomic E-state index is -0.0415. The number of furan rings is 1. The van der Waals surface area contributed by atoms with E-state index in [2.05, 4.69) is 92.7 Å². The van der Waals surface area contributed by atoms with Crippen LogP contribution in [0.3, 0.4) is 0 Å². The van der Waals surface area contributed by atoms with Crippen LogP contribution in [0.5, 0.6) is 0 Å². The van der Waals surface area contributed by atoms with Crippen LogP contribution in [0.1, 0.15) is 25.0 Å². The molecule has 6 aromatic carbocycles. The zero-order valence-corrected chi connectivity index (χ0v) is 25.5. The van der Waals surface area contributed by atoms with E-state index in [1.165, 1.54) is 33.4 Å². The number of benzene rings is 6. The van der Waals surface area contributed by atoms with Crippen molar-refractivity contribution in [1.82, 2.24) is 15.0 Å². The normalized spacial score (nSPS) is 13.2. The molecule has 0 saturated carbocycles. The molecule has 0 saturated heterocycles. The summed E-state index contributed by atoms with van der Waals surface area (Å²) in [4.78, 5) is 15.1. The van der Waals surface area contributed by atoms with Crippen LogP contribution >= 0.6 is 0 Å². The zero-order chi connectivity index (χ0) is 30.8. The highest BCUT2D eigenvalue weighted by atomic mass is 16.3. The van der Waals surface area contributed by atoms with E-state index in [1.807, 2.05) is 60.7 Å². The second-order valence-electron chi connectivity index (χ2n) is 12.4. The fourth-order valence-electron chi connectivity index (χ4n) is 7.10. The van der Waals surface area contributed by atoms with Gasteiger partial charge >= 0.3 is 0 Å². The van der Waals surface area contributed by atoms with Crippen LogP contribution in [0.4, 0.5) is 0 Å². The van der Waals surface area contributed by atoms with Crippen LogP contribution in [-0.4, -0.2) is 15.0 Å². The van der Waals surface area contributed by atoms with Crippen molar-refractivity contribution in [3.8, 4) is 56.4 Å². The van der Waals surface area contributed by atoms with Crippen molar-refractivity contribution >= 4 is 21.9 Å². The summed E-state index contributed by atoms with van der Waals surface area (Å²) in [7, 11) is 0. The SMILES string of the molecule is CC1(C)c2ccccc2-c2c(-c3ccc(-c4nc(-c5ccccc5)nc(-c5cccc6oc7ccccc7c56)n4)cc3)cccc21. The van der Waals surface area contributed by atoms with Gasteiger partial charge in [-0.3, -0.25) is 0 Å². The van der Waals surface area contributed by atoms with E-state index in [0.717, 1.165) is 38.6 Å². The molecule has 4 heteroatoms. The first-order valence-electron chi connectivity index (χ1n) is 15.6. The van der Waals surface area contributed by atoms with Gasteiger partial charge in [-0.2, -0.15) is 0 Å². The Bertz CT molecular complexity index is 2440. The van der Waals surface area contributed by atoms with Crippen molar-refractivity contribution in [2.45, 2.75) is 19.3 Å². The van der Waals surface area contributed by atoms with Crippen molar-refractivity contribution in [2.24, 2.45) is 0 Å². The molecule has 0 fully saturated rings. The minimum absolute atomic E-state index is 0.0415. The molecule has 0 radical (unpaired) electrons. The molecule has 1 aliphatic rings. The van der Waals surface area contributed by atoms with E-state index < -0.39 is 0 Å². The predicted octanol–water partition coefficient (Wildman–Crippen LogP) is 10.7. The maximum absolute atomic E-state index is 6.19. The molecule has 0 N–H and O–H groups in total. The summed E-state index contributed by atoms with van der Waals surface area (Å²) < 4.78 is 6.19. The lowest BCUT2D eigenvalue weighted by molar-refractivity contribution is 0.660. The van der Waals surface area contributed by atoms with Crippen LogP contribution < -0.4 is 0 Å². The standard InChI is InChI=1S/C42H29N3O/c1-42(2)33-18-8-6-14-30(33)37-29(16-10-19-34(37)42)26-22-24-28(25-23-26)40-43-39(27-12-4-3-5-13-27)44-41(45-40)32-17-11-21-36-38(32)31-15-7-9-20-35(31)46-36/h3-25H,1-2H3. The van der Waals surface area contributed by atoms with E-state index in [1.54, 1.807) is 0 Å². The lowest BCUT2D eigenvalue weighted by Crippen LogP contribution is -2.14. The summed E-state index contributed by atoms with van der Waals surface area (Å²) in [6, 6.07) is 48.4.